The fourth-order valence-electron chi connectivity index (χ4n) is 11.6. The lowest BCUT2D eigenvalue weighted by molar-refractivity contribution is -0.213. The Morgan fingerprint density at radius 3 is 2.15 bits per heavy atom. The highest BCUT2D eigenvalue weighted by atomic mass is 16.5. The van der Waals surface area contributed by atoms with E-state index in [0.717, 1.165) is 24.2 Å². The van der Waals surface area contributed by atoms with E-state index in [1.165, 1.54) is 57.8 Å². The number of allylic oxidation sites excluding steroid dienone is 2. The Hall–Kier alpha value is -0.790. The minimum absolute atomic E-state index is 0.0563. The van der Waals surface area contributed by atoms with E-state index in [1.807, 2.05) is 11.1 Å². The van der Waals surface area contributed by atoms with E-state index in [-0.39, 0.29) is 17.5 Å². The van der Waals surface area contributed by atoms with E-state index in [2.05, 4.69) is 55.4 Å². The number of ether oxygens (including phenoxy) is 1. The molecule has 4 fully saturated rings. The van der Waals surface area contributed by atoms with Gasteiger partial charge in [0.1, 0.15) is 6.10 Å². The molecule has 5 aliphatic carbocycles. The zero-order valence-electron chi connectivity index (χ0n) is 23.8. The summed E-state index contributed by atoms with van der Waals surface area (Å²) in [6.07, 6.45) is 13.2. The molecule has 34 heavy (non-hydrogen) atoms. The smallest absolute Gasteiger partial charge is 0.302 e. The van der Waals surface area contributed by atoms with Gasteiger partial charge in [0.25, 0.3) is 0 Å². The van der Waals surface area contributed by atoms with E-state index in [1.54, 1.807) is 6.92 Å². The third-order valence-corrected chi connectivity index (χ3v) is 13.4. The lowest BCUT2D eigenvalue weighted by Crippen LogP contribution is -2.64. The Balaban J connectivity index is 1.52. The molecule has 0 spiro atoms. The molecule has 0 heterocycles. The third kappa shape index (κ3) is 3.01. The van der Waals surface area contributed by atoms with Crippen molar-refractivity contribution in [3.8, 4) is 0 Å². The highest BCUT2D eigenvalue weighted by Crippen LogP contribution is 2.76. The van der Waals surface area contributed by atoms with Crippen molar-refractivity contribution in [3.63, 3.8) is 0 Å². The van der Waals surface area contributed by atoms with Gasteiger partial charge in [-0.05, 0) is 110 Å². The van der Waals surface area contributed by atoms with Crippen LogP contribution in [0.15, 0.2) is 11.1 Å². The molecule has 0 saturated heterocycles. The maximum atomic E-state index is 11.9. The SMILES string of the molecule is CC(=O)O[C@H]1CC[C@]2(C)[C@H]3CCC4=C5CC[C@@H](C(C)C)[C@]5(C)CC[C@]4(C)[C@@]3(C)CC[C@H]2C1(C)C. The molecule has 0 radical (unpaired) electrons. The van der Waals surface area contributed by atoms with Crippen molar-refractivity contribution in [2.75, 3.05) is 0 Å². The van der Waals surface area contributed by atoms with Crippen molar-refractivity contribution >= 4 is 5.97 Å². The summed E-state index contributed by atoms with van der Waals surface area (Å²) in [7, 11) is 0. The van der Waals surface area contributed by atoms with Crippen molar-refractivity contribution in [1.29, 1.82) is 0 Å². The Morgan fingerprint density at radius 2 is 1.50 bits per heavy atom. The van der Waals surface area contributed by atoms with Gasteiger partial charge in [-0.25, -0.2) is 0 Å². The molecule has 5 rings (SSSR count). The van der Waals surface area contributed by atoms with E-state index in [9.17, 15) is 4.79 Å². The quantitative estimate of drug-likeness (QED) is 0.299. The molecule has 0 aromatic heterocycles. The number of hydrogen-bond donors (Lipinski definition) is 0. The molecule has 0 aliphatic heterocycles. The van der Waals surface area contributed by atoms with E-state index >= 15 is 0 Å². The highest BCUT2D eigenvalue weighted by molar-refractivity contribution is 5.66. The van der Waals surface area contributed by atoms with Crippen molar-refractivity contribution in [3.05, 3.63) is 11.1 Å². The molecule has 2 heteroatoms. The minimum Gasteiger partial charge on any atom is -0.462 e. The summed E-state index contributed by atoms with van der Waals surface area (Å²) in [5, 5.41) is 0. The highest BCUT2D eigenvalue weighted by Gasteiger charge is 2.68. The van der Waals surface area contributed by atoms with Gasteiger partial charge in [-0.2, -0.15) is 0 Å². The Kier molecular flexibility index (Phi) is 5.57. The minimum atomic E-state index is -0.106. The van der Waals surface area contributed by atoms with Crippen molar-refractivity contribution in [2.45, 2.75) is 133 Å². The zero-order valence-corrected chi connectivity index (χ0v) is 23.8. The van der Waals surface area contributed by atoms with Crippen LogP contribution < -0.4 is 0 Å². The number of carbonyl (C=O) groups is 1. The normalized spacial score (nSPS) is 49.7. The molecular weight excluding hydrogens is 416 g/mol. The number of fused-ring (bicyclic) bond motifs is 6. The molecule has 0 N–H and O–H groups in total. The van der Waals surface area contributed by atoms with Crippen LogP contribution in [0.2, 0.25) is 0 Å². The first kappa shape index (κ1) is 24.9. The summed E-state index contributed by atoms with van der Waals surface area (Å²) < 4.78 is 5.91. The monoisotopic (exact) mass is 468 g/mol. The van der Waals surface area contributed by atoms with Crippen LogP contribution in [-0.4, -0.2) is 12.1 Å². The molecule has 4 saturated carbocycles. The van der Waals surface area contributed by atoms with Gasteiger partial charge in [0.05, 0.1) is 0 Å². The summed E-state index contributed by atoms with van der Waals surface area (Å²) in [5.41, 5.74) is 5.44. The standard InChI is InChI=1S/C32H52O2/c1-20(2)22-10-11-23-24-12-13-26-30(7)16-15-27(34-21(3)33)28(4,5)25(30)14-17-32(26,9)31(24,8)19-18-29(22,23)6/h20,22,25-27H,10-19H2,1-9H3/t22-,25-,26+,27-,29-,30-,31-,32-/m0/s1. The third-order valence-electron chi connectivity index (χ3n) is 13.4. The fourth-order valence-corrected chi connectivity index (χ4v) is 11.6. The second-order valence-corrected chi connectivity index (χ2v) is 15.2. The van der Waals surface area contributed by atoms with Gasteiger partial charge in [-0.1, -0.05) is 66.5 Å². The van der Waals surface area contributed by atoms with Gasteiger partial charge < -0.3 is 4.74 Å². The molecule has 2 nitrogen and oxygen atoms in total. The van der Waals surface area contributed by atoms with Crippen LogP contribution in [0.3, 0.4) is 0 Å². The first-order chi connectivity index (χ1) is 15.7. The fraction of sp³-hybridized carbons (Fsp3) is 0.906. The summed E-state index contributed by atoms with van der Waals surface area (Å²) in [5.74, 6) is 2.97. The molecular formula is C32H52O2. The van der Waals surface area contributed by atoms with E-state index < -0.39 is 0 Å². The zero-order chi connectivity index (χ0) is 24.9. The van der Waals surface area contributed by atoms with Crippen LogP contribution in [0.1, 0.15) is 127 Å². The van der Waals surface area contributed by atoms with Crippen LogP contribution in [0, 0.1) is 50.7 Å². The Labute approximate surface area is 210 Å². The van der Waals surface area contributed by atoms with Gasteiger partial charge in [-0.15, -0.1) is 0 Å². The van der Waals surface area contributed by atoms with Crippen LogP contribution in [0.25, 0.3) is 0 Å². The number of carbonyl (C=O) groups excluding carboxylic acids is 1. The van der Waals surface area contributed by atoms with Crippen molar-refractivity contribution < 1.29 is 9.53 Å². The number of hydrogen-bond acceptors (Lipinski definition) is 2. The molecule has 5 aliphatic rings. The molecule has 0 aromatic carbocycles. The molecule has 0 unspecified atom stereocenters. The number of esters is 1. The molecule has 0 aromatic rings. The Morgan fingerprint density at radius 1 is 0.824 bits per heavy atom. The summed E-state index contributed by atoms with van der Waals surface area (Å²) in [4.78, 5) is 11.9. The maximum Gasteiger partial charge on any atom is 0.302 e. The van der Waals surface area contributed by atoms with E-state index in [4.69, 9.17) is 4.74 Å². The maximum absolute atomic E-state index is 11.9. The van der Waals surface area contributed by atoms with Crippen LogP contribution >= 0.6 is 0 Å². The summed E-state index contributed by atoms with van der Waals surface area (Å²) >= 11 is 0. The predicted molar refractivity (Wildman–Crippen MR) is 140 cm³/mol. The largest absolute Gasteiger partial charge is 0.462 e. The van der Waals surface area contributed by atoms with Crippen molar-refractivity contribution in [2.24, 2.45) is 50.7 Å². The van der Waals surface area contributed by atoms with Gasteiger partial charge in [0, 0.05) is 12.3 Å². The second kappa shape index (κ2) is 7.61. The van der Waals surface area contributed by atoms with Gasteiger partial charge in [-0.3, -0.25) is 4.79 Å². The molecule has 0 bridgehead atoms. The first-order valence-corrected chi connectivity index (χ1v) is 14.6. The second-order valence-electron chi connectivity index (χ2n) is 15.2. The van der Waals surface area contributed by atoms with Gasteiger partial charge in [0.15, 0.2) is 0 Å². The summed E-state index contributed by atoms with van der Waals surface area (Å²) in [6, 6.07) is 0. The van der Waals surface area contributed by atoms with Gasteiger partial charge >= 0.3 is 5.97 Å². The molecule has 192 valence electrons. The van der Waals surface area contributed by atoms with Gasteiger partial charge in [0.2, 0.25) is 0 Å². The van der Waals surface area contributed by atoms with E-state index in [0.29, 0.717) is 27.6 Å². The first-order valence-electron chi connectivity index (χ1n) is 14.6. The average molecular weight is 469 g/mol. The van der Waals surface area contributed by atoms with Crippen LogP contribution in [-0.2, 0) is 9.53 Å². The van der Waals surface area contributed by atoms with Crippen LogP contribution in [0.5, 0.6) is 0 Å². The topological polar surface area (TPSA) is 26.3 Å². The lowest BCUT2D eigenvalue weighted by atomic mass is 9.34. The Bertz CT molecular complexity index is 897. The summed E-state index contributed by atoms with van der Waals surface area (Å²) in [6.45, 7) is 22.0. The number of rotatable bonds is 2. The van der Waals surface area contributed by atoms with Crippen molar-refractivity contribution in [1.82, 2.24) is 0 Å². The molecule has 0 amide bonds. The lowest BCUT2D eigenvalue weighted by Gasteiger charge is -2.70. The predicted octanol–water partition coefficient (Wildman–Crippen LogP) is 8.74. The molecule has 8 atom stereocenters. The van der Waals surface area contributed by atoms with Crippen LogP contribution in [0.4, 0.5) is 0 Å². The average Bonchev–Trinajstić information content (AvgIpc) is 3.08.